The monoisotopic (exact) mass is 372 g/mol. The molecule has 0 aliphatic rings. The van der Waals surface area contributed by atoms with Gasteiger partial charge in [0.2, 0.25) is 0 Å². The Kier molecular flexibility index (Phi) is 6.48. The summed E-state index contributed by atoms with van der Waals surface area (Å²) in [7, 11) is 0. The van der Waals surface area contributed by atoms with E-state index in [1.807, 2.05) is 13.0 Å². The van der Waals surface area contributed by atoms with Crippen LogP contribution in [0.5, 0.6) is 5.75 Å². The van der Waals surface area contributed by atoms with Crippen LogP contribution in [0.4, 0.5) is 11.4 Å². The number of nitrogens with one attached hydrogen (secondary N) is 1. The molecule has 0 aromatic heterocycles. The number of benzene rings is 2. The van der Waals surface area contributed by atoms with Gasteiger partial charge in [-0.25, -0.2) is 4.79 Å². The minimum atomic E-state index is -1.08. The number of amides is 1. The van der Waals surface area contributed by atoms with E-state index in [0.29, 0.717) is 5.69 Å². The first-order valence-corrected chi connectivity index (χ1v) is 8.31. The minimum absolute atomic E-state index is 0.0413. The number of esters is 1. The van der Waals surface area contributed by atoms with Gasteiger partial charge in [-0.3, -0.25) is 14.9 Å². The number of hydrogen-bond donors (Lipinski definition) is 1. The Balaban J connectivity index is 2.08. The largest absolute Gasteiger partial charge is 0.487 e. The summed E-state index contributed by atoms with van der Waals surface area (Å²) in [6.45, 7) is 5.26. The van der Waals surface area contributed by atoms with Gasteiger partial charge < -0.3 is 14.8 Å². The molecule has 1 atom stereocenters. The molecule has 2 rings (SSSR count). The van der Waals surface area contributed by atoms with Crippen LogP contribution in [0.15, 0.2) is 42.5 Å². The highest BCUT2D eigenvalue weighted by atomic mass is 16.6. The lowest BCUT2D eigenvalue weighted by Crippen LogP contribution is -2.30. The molecule has 2 aromatic rings. The predicted molar refractivity (Wildman–Crippen MR) is 99.0 cm³/mol. The molecular formula is C19H20N2O6. The lowest BCUT2D eigenvalue weighted by atomic mass is 10.2. The predicted octanol–water partition coefficient (Wildman–Crippen LogP) is 3.49. The van der Waals surface area contributed by atoms with Gasteiger partial charge in [0.05, 0.1) is 17.1 Å². The van der Waals surface area contributed by atoms with Crippen LogP contribution in [-0.2, 0) is 9.53 Å². The van der Waals surface area contributed by atoms with Crippen molar-refractivity contribution in [2.75, 3.05) is 11.9 Å². The molecule has 0 radical (unpaired) electrons. The highest BCUT2D eigenvalue weighted by Gasteiger charge is 2.23. The zero-order valence-corrected chi connectivity index (χ0v) is 15.2. The molecule has 0 aliphatic carbocycles. The highest BCUT2D eigenvalue weighted by Crippen LogP contribution is 2.28. The van der Waals surface area contributed by atoms with E-state index in [4.69, 9.17) is 9.47 Å². The van der Waals surface area contributed by atoms with E-state index in [2.05, 4.69) is 5.32 Å². The number of ether oxygens (including phenoxy) is 2. The molecule has 2 aromatic carbocycles. The second kappa shape index (κ2) is 8.79. The van der Waals surface area contributed by atoms with Crippen LogP contribution in [0.25, 0.3) is 0 Å². The maximum atomic E-state index is 12.2. The van der Waals surface area contributed by atoms with Gasteiger partial charge in [0, 0.05) is 11.8 Å². The number of nitro benzene ring substituents is 1. The van der Waals surface area contributed by atoms with Crippen LogP contribution in [0.3, 0.4) is 0 Å². The van der Waals surface area contributed by atoms with Crippen LogP contribution >= 0.6 is 0 Å². The normalized spacial score (nSPS) is 11.4. The number of nitrogens with zero attached hydrogens (tertiary/aromatic N) is 1. The molecule has 8 heteroatoms. The average molecular weight is 372 g/mol. The summed E-state index contributed by atoms with van der Waals surface area (Å²) in [6, 6.07) is 10.9. The number of anilines is 1. The third kappa shape index (κ3) is 5.27. The summed E-state index contributed by atoms with van der Waals surface area (Å²) in [5, 5.41) is 13.8. The van der Waals surface area contributed by atoms with Crippen molar-refractivity contribution in [3.05, 3.63) is 63.7 Å². The molecule has 0 bridgehead atoms. The van der Waals surface area contributed by atoms with Crippen LogP contribution < -0.4 is 10.1 Å². The van der Waals surface area contributed by atoms with E-state index in [-0.39, 0.29) is 23.6 Å². The SMILES string of the molecule is CCOc1ccc(C(=O)OC(C)C(=O)Nc2cccc(C)c2)cc1[N+](=O)[O-]. The maximum absolute atomic E-state index is 12.2. The standard InChI is InChI=1S/C19H20N2O6/c1-4-26-17-9-8-14(11-16(17)21(24)25)19(23)27-13(3)18(22)20-15-7-5-6-12(2)10-15/h5-11,13H,4H2,1-3H3,(H,20,22). The van der Waals surface area contributed by atoms with Crippen LogP contribution in [0, 0.1) is 17.0 Å². The molecule has 0 fully saturated rings. The van der Waals surface area contributed by atoms with Crippen molar-refractivity contribution in [1.29, 1.82) is 0 Å². The van der Waals surface area contributed by atoms with Gasteiger partial charge in [-0.05, 0) is 50.6 Å². The number of carbonyl (C=O) groups is 2. The van der Waals surface area contributed by atoms with E-state index in [9.17, 15) is 19.7 Å². The fourth-order valence-corrected chi connectivity index (χ4v) is 2.31. The molecule has 0 saturated carbocycles. The van der Waals surface area contributed by atoms with Gasteiger partial charge in [0.15, 0.2) is 11.9 Å². The molecule has 0 spiro atoms. The smallest absolute Gasteiger partial charge is 0.339 e. The van der Waals surface area contributed by atoms with E-state index < -0.39 is 22.9 Å². The summed E-state index contributed by atoms with van der Waals surface area (Å²) in [5.74, 6) is -1.29. The van der Waals surface area contributed by atoms with E-state index in [1.54, 1.807) is 25.1 Å². The second-order valence-corrected chi connectivity index (χ2v) is 5.78. The topological polar surface area (TPSA) is 108 Å². The first-order chi connectivity index (χ1) is 12.8. The molecular weight excluding hydrogens is 352 g/mol. The summed E-state index contributed by atoms with van der Waals surface area (Å²) >= 11 is 0. The number of rotatable bonds is 7. The Bertz CT molecular complexity index is 865. The van der Waals surface area contributed by atoms with Gasteiger partial charge in [-0.1, -0.05) is 12.1 Å². The Morgan fingerprint density at radius 1 is 1.22 bits per heavy atom. The number of nitro groups is 1. The molecule has 0 aliphatic heterocycles. The zero-order chi connectivity index (χ0) is 20.0. The van der Waals surface area contributed by atoms with Crippen molar-refractivity contribution in [3.8, 4) is 5.75 Å². The fraction of sp³-hybridized carbons (Fsp3) is 0.263. The zero-order valence-electron chi connectivity index (χ0n) is 15.2. The molecule has 27 heavy (non-hydrogen) atoms. The molecule has 1 N–H and O–H groups in total. The third-order valence-electron chi connectivity index (χ3n) is 3.63. The number of hydrogen-bond acceptors (Lipinski definition) is 6. The Morgan fingerprint density at radius 2 is 1.96 bits per heavy atom. The summed E-state index contributed by atoms with van der Waals surface area (Å²) in [5.41, 5.74) is 1.17. The van der Waals surface area contributed by atoms with Crippen molar-refractivity contribution in [3.63, 3.8) is 0 Å². The minimum Gasteiger partial charge on any atom is -0.487 e. The third-order valence-corrected chi connectivity index (χ3v) is 3.63. The van der Waals surface area contributed by atoms with Gasteiger partial charge in [0.1, 0.15) is 0 Å². The molecule has 1 amide bonds. The quantitative estimate of drug-likeness (QED) is 0.453. The van der Waals surface area contributed by atoms with Crippen molar-refractivity contribution < 1.29 is 24.0 Å². The van der Waals surface area contributed by atoms with Crippen LogP contribution in [0.2, 0.25) is 0 Å². The van der Waals surface area contributed by atoms with Gasteiger partial charge in [-0.15, -0.1) is 0 Å². The maximum Gasteiger partial charge on any atom is 0.339 e. The molecule has 8 nitrogen and oxygen atoms in total. The first kappa shape index (κ1) is 19.9. The van der Waals surface area contributed by atoms with Crippen molar-refractivity contribution in [2.24, 2.45) is 0 Å². The Morgan fingerprint density at radius 3 is 2.59 bits per heavy atom. The lowest BCUT2D eigenvalue weighted by molar-refractivity contribution is -0.385. The first-order valence-electron chi connectivity index (χ1n) is 8.31. The number of carbonyl (C=O) groups excluding carboxylic acids is 2. The molecule has 142 valence electrons. The second-order valence-electron chi connectivity index (χ2n) is 5.78. The van der Waals surface area contributed by atoms with Gasteiger partial charge in [-0.2, -0.15) is 0 Å². The van der Waals surface area contributed by atoms with Crippen molar-refractivity contribution >= 4 is 23.3 Å². The van der Waals surface area contributed by atoms with E-state index >= 15 is 0 Å². The Labute approximate surface area is 156 Å². The van der Waals surface area contributed by atoms with Crippen LogP contribution in [-0.4, -0.2) is 29.5 Å². The molecule has 1 unspecified atom stereocenters. The molecule has 0 saturated heterocycles. The number of aryl methyl sites for hydroxylation is 1. The van der Waals surface area contributed by atoms with Crippen molar-refractivity contribution in [1.82, 2.24) is 0 Å². The summed E-state index contributed by atoms with van der Waals surface area (Å²) < 4.78 is 10.3. The summed E-state index contributed by atoms with van der Waals surface area (Å²) in [6.07, 6.45) is -1.08. The lowest BCUT2D eigenvalue weighted by Gasteiger charge is -2.14. The van der Waals surface area contributed by atoms with Crippen molar-refractivity contribution in [2.45, 2.75) is 26.9 Å². The summed E-state index contributed by atoms with van der Waals surface area (Å²) in [4.78, 5) is 34.9. The molecule has 0 heterocycles. The fourth-order valence-electron chi connectivity index (χ4n) is 2.31. The van der Waals surface area contributed by atoms with Gasteiger partial charge >= 0.3 is 11.7 Å². The highest BCUT2D eigenvalue weighted by molar-refractivity contribution is 5.97. The van der Waals surface area contributed by atoms with E-state index in [1.165, 1.54) is 19.1 Å². The average Bonchev–Trinajstić information content (AvgIpc) is 2.62. The van der Waals surface area contributed by atoms with E-state index in [0.717, 1.165) is 11.6 Å². The van der Waals surface area contributed by atoms with Crippen LogP contribution in [0.1, 0.15) is 29.8 Å². The van der Waals surface area contributed by atoms with Gasteiger partial charge in [0.25, 0.3) is 5.91 Å². The Hall–Kier alpha value is -3.42.